The van der Waals surface area contributed by atoms with Crippen LogP contribution in [0.4, 0.5) is 0 Å². The summed E-state index contributed by atoms with van der Waals surface area (Å²) >= 11 is 0. The Hall–Kier alpha value is -0.820. The molecule has 0 spiro atoms. The van der Waals surface area contributed by atoms with Gasteiger partial charge in [-0.15, -0.1) is 0 Å². The van der Waals surface area contributed by atoms with Crippen LogP contribution in [0.25, 0.3) is 0 Å². The highest BCUT2D eigenvalue weighted by molar-refractivity contribution is 5.35. The van der Waals surface area contributed by atoms with Crippen molar-refractivity contribution < 1.29 is 0 Å². The Morgan fingerprint density at radius 2 is 1.62 bits per heavy atom. The summed E-state index contributed by atoms with van der Waals surface area (Å²) in [7, 11) is 0. The lowest BCUT2D eigenvalue weighted by Crippen LogP contribution is -2.07. The molecule has 2 N–H and O–H groups in total. The van der Waals surface area contributed by atoms with Crippen LogP contribution >= 0.6 is 0 Å². The second-order valence-corrected chi connectivity index (χ2v) is 3.30. The van der Waals surface area contributed by atoms with Gasteiger partial charge in [0.2, 0.25) is 0 Å². The third kappa shape index (κ3) is 2.31. The Morgan fingerprint density at radius 3 is 2.00 bits per heavy atom. The fourth-order valence-electron chi connectivity index (χ4n) is 1.82. The molecule has 0 aliphatic carbocycles. The van der Waals surface area contributed by atoms with E-state index in [1.54, 1.807) is 0 Å². The van der Waals surface area contributed by atoms with E-state index in [4.69, 9.17) is 5.73 Å². The van der Waals surface area contributed by atoms with E-state index in [0.29, 0.717) is 0 Å². The maximum absolute atomic E-state index is 5.61. The zero-order valence-corrected chi connectivity index (χ0v) is 8.64. The predicted octanol–water partition coefficient (Wildman–Crippen LogP) is 2.31. The van der Waals surface area contributed by atoms with Crippen molar-refractivity contribution in [2.24, 2.45) is 5.73 Å². The molecule has 0 atom stereocenters. The minimum Gasteiger partial charge on any atom is -0.330 e. The molecular formula is C12H19N. The van der Waals surface area contributed by atoms with Gasteiger partial charge in [-0.3, -0.25) is 0 Å². The average molecular weight is 177 g/mol. The number of aryl methyl sites for hydroxylation is 2. The fourth-order valence-corrected chi connectivity index (χ4v) is 1.82. The van der Waals surface area contributed by atoms with Gasteiger partial charge in [0.15, 0.2) is 0 Å². The first-order chi connectivity index (χ1) is 6.33. The SMILES string of the molecule is CCc1cccc(CC)c1CCN. The van der Waals surface area contributed by atoms with Crippen LogP contribution in [0.3, 0.4) is 0 Å². The van der Waals surface area contributed by atoms with E-state index in [9.17, 15) is 0 Å². The molecule has 1 heteroatoms. The van der Waals surface area contributed by atoms with Gasteiger partial charge < -0.3 is 5.73 Å². The normalized spacial score (nSPS) is 10.4. The van der Waals surface area contributed by atoms with E-state index in [-0.39, 0.29) is 0 Å². The van der Waals surface area contributed by atoms with Crippen LogP contribution in [0, 0.1) is 0 Å². The third-order valence-corrected chi connectivity index (χ3v) is 2.53. The molecule has 0 radical (unpaired) electrons. The summed E-state index contributed by atoms with van der Waals surface area (Å²) in [5, 5.41) is 0. The van der Waals surface area contributed by atoms with Gasteiger partial charge in [0, 0.05) is 0 Å². The molecule has 0 saturated heterocycles. The lowest BCUT2D eigenvalue weighted by Gasteiger charge is -2.11. The number of hydrogen-bond donors (Lipinski definition) is 1. The van der Waals surface area contributed by atoms with Crippen LogP contribution in [0.2, 0.25) is 0 Å². The van der Waals surface area contributed by atoms with Gasteiger partial charge in [-0.1, -0.05) is 32.0 Å². The topological polar surface area (TPSA) is 26.0 Å². The van der Waals surface area contributed by atoms with Crippen LogP contribution in [0.5, 0.6) is 0 Å². The van der Waals surface area contributed by atoms with Crippen molar-refractivity contribution in [3.63, 3.8) is 0 Å². The lowest BCUT2D eigenvalue weighted by molar-refractivity contribution is 0.910. The van der Waals surface area contributed by atoms with Crippen molar-refractivity contribution in [3.8, 4) is 0 Å². The highest BCUT2D eigenvalue weighted by Gasteiger charge is 2.03. The molecular weight excluding hydrogens is 158 g/mol. The molecule has 0 heterocycles. The molecule has 0 amide bonds. The first-order valence-corrected chi connectivity index (χ1v) is 5.13. The Balaban J connectivity index is 3.05. The molecule has 0 bridgehead atoms. The van der Waals surface area contributed by atoms with Gasteiger partial charge in [-0.05, 0) is 42.5 Å². The quantitative estimate of drug-likeness (QED) is 0.750. The maximum atomic E-state index is 5.61. The molecule has 0 saturated carbocycles. The van der Waals surface area contributed by atoms with Crippen molar-refractivity contribution in [3.05, 3.63) is 34.9 Å². The molecule has 0 aliphatic rings. The number of rotatable bonds is 4. The minimum absolute atomic E-state index is 0.754. The summed E-state index contributed by atoms with van der Waals surface area (Å²) in [6.07, 6.45) is 3.25. The van der Waals surface area contributed by atoms with Gasteiger partial charge in [0.05, 0.1) is 0 Å². The second-order valence-electron chi connectivity index (χ2n) is 3.30. The molecule has 72 valence electrons. The molecule has 1 nitrogen and oxygen atoms in total. The van der Waals surface area contributed by atoms with Crippen LogP contribution in [0.15, 0.2) is 18.2 Å². The van der Waals surface area contributed by atoms with E-state index >= 15 is 0 Å². The highest BCUT2D eigenvalue weighted by atomic mass is 14.5. The monoisotopic (exact) mass is 177 g/mol. The Kier molecular flexibility index (Phi) is 3.97. The number of nitrogens with two attached hydrogens (primary N) is 1. The third-order valence-electron chi connectivity index (χ3n) is 2.53. The minimum atomic E-state index is 0.754. The highest BCUT2D eigenvalue weighted by Crippen LogP contribution is 2.16. The lowest BCUT2D eigenvalue weighted by atomic mass is 9.95. The fraction of sp³-hybridized carbons (Fsp3) is 0.500. The number of benzene rings is 1. The molecule has 0 fully saturated rings. The van der Waals surface area contributed by atoms with Gasteiger partial charge in [0.1, 0.15) is 0 Å². The molecule has 1 rings (SSSR count). The Bertz CT molecular complexity index is 244. The van der Waals surface area contributed by atoms with E-state index in [1.807, 2.05) is 0 Å². The molecule has 0 aromatic heterocycles. The summed E-state index contributed by atoms with van der Waals surface area (Å²) < 4.78 is 0. The number of hydrogen-bond acceptors (Lipinski definition) is 1. The standard InChI is InChI=1S/C12H19N/c1-3-10-6-5-7-11(4-2)12(10)8-9-13/h5-7H,3-4,8-9,13H2,1-2H3. The summed E-state index contributed by atoms with van der Waals surface area (Å²) in [4.78, 5) is 0. The predicted molar refractivity (Wildman–Crippen MR) is 58.0 cm³/mol. The van der Waals surface area contributed by atoms with Crippen LogP contribution in [0.1, 0.15) is 30.5 Å². The van der Waals surface area contributed by atoms with E-state index in [2.05, 4.69) is 32.0 Å². The molecule has 0 aliphatic heterocycles. The first kappa shape index (κ1) is 10.3. The first-order valence-electron chi connectivity index (χ1n) is 5.13. The average Bonchev–Trinajstić information content (AvgIpc) is 2.18. The van der Waals surface area contributed by atoms with Crippen molar-refractivity contribution in [1.29, 1.82) is 0 Å². The van der Waals surface area contributed by atoms with Crippen LogP contribution < -0.4 is 5.73 Å². The summed E-state index contributed by atoms with van der Waals surface area (Å²) in [5.41, 5.74) is 10.0. The van der Waals surface area contributed by atoms with E-state index in [0.717, 1.165) is 25.8 Å². The van der Waals surface area contributed by atoms with Crippen molar-refractivity contribution in [2.45, 2.75) is 33.1 Å². The summed E-state index contributed by atoms with van der Waals surface area (Å²) in [6.45, 7) is 5.16. The van der Waals surface area contributed by atoms with E-state index < -0.39 is 0 Å². The van der Waals surface area contributed by atoms with Crippen molar-refractivity contribution in [2.75, 3.05) is 6.54 Å². The van der Waals surface area contributed by atoms with Gasteiger partial charge in [-0.25, -0.2) is 0 Å². The second kappa shape index (κ2) is 5.03. The Labute approximate surface area is 81.0 Å². The summed E-state index contributed by atoms with van der Waals surface area (Å²) in [6, 6.07) is 6.58. The van der Waals surface area contributed by atoms with E-state index in [1.165, 1.54) is 16.7 Å². The van der Waals surface area contributed by atoms with Crippen LogP contribution in [-0.4, -0.2) is 6.54 Å². The molecule has 13 heavy (non-hydrogen) atoms. The van der Waals surface area contributed by atoms with Crippen molar-refractivity contribution >= 4 is 0 Å². The van der Waals surface area contributed by atoms with Crippen molar-refractivity contribution in [1.82, 2.24) is 0 Å². The zero-order chi connectivity index (χ0) is 9.68. The summed E-state index contributed by atoms with van der Waals surface area (Å²) in [5.74, 6) is 0. The van der Waals surface area contributed by atoms with Gasteiger partial charge in [-0.2, -0.15) is 0 Å². The zero-order valence-electron chi connectivity index (χ0n) is 8.64. The smallest absolute Gasteiger partial charge is 0.00365 e. The van der Waals surface area contributed by atoms with Crippen LogP contribution in [-0.2, 0) is 19.3 Å². The van der Waals surface area contributed by atoms with Gasteiger partial charge in [0.25, 0.3) is 0 Å². The molecule has 0 unspecified atom stereocenters. The largest absolute Gasteiger partial charge is 0.330 e. The van der Waals surface area contributed by atoms with Gasteiger partial charge >= 0.3 is 0 Å². The Morgan fingerprint density at radius 1 is 1.08 bits per heavy atom. The molecule has 1 aromatic carbocycles. The molecule has 1 aromatic rings. The maximum Gasteiger partial charge on any atom is -0.00365 e.